The minimum absolute atomic E-state index is 0.0981. The summed E-state index contributed by atoms with van der Waals surface area (Å²) in [5.41, 5.74) is 2.46. The van der Waals surface area contributed by atoms with Crippen molar-refractivity contribution in [3.63, 3.8) is 0 Å². The summed E-state index contributed by atoms with van der Waals surface area (Å²) in [6.07, 6.45) is 2.72. The van der Waals surface area contributed by atoms with Crippen LogP contribution in [0.3, 0.4) is 0 Å². The Labute approximate surface area is 151 Å². The molecule has 0 aromatic heterocycles. The number of hydrogen-bond donors (Lipinski definition) is 1. The average Bonchev–Trinajstić information content (AvgIpc) is 2.61. The average molecular weight is 345 g/mol. The van der Waals surface area contributed by atoms with Gasteiger partial charge in [-0.25, -0.2) is 0 Å². The van der Waals surface area contributed by atoms with Crippen molar-refractivity contribution in [2.75, 3.05) is 27.7 Å². The van der Waals surface area contributed by atoms with Gasteiger partial charge < -0.3 is 15.1 Å². The van der Waals surface area contributed by atoms with Crippen LogP contribution in [0, 0.1) is 5.92 Å². The first-order valence-corrected chi connectivity index (χ1v) is 8.78. The maximum Gasteiger partial charge on any atom is 0.251 e. The zero-order valence-corrected chi connectivity index (χ0v) is 16.1. The van der Waals surface area contributed by atoms with E-state index >= 15 is 0 Å². The molecule has 1 amide bonds. The van der Waals surface area contributed by atoms with Crippen LogP contribution in [0.2, 0.25) is 0 Å². The van der Waals surface area contributed by atoms with Gasteiger partial charge in [0.25, 0.3) is 5.91 Å². The summed E-state index contributed by atoms with van der Waals surface area (Å²) in [6, 6.07) is 7.43. The highest BCUT2D eigenvalue weighted by Gasteiger charge is 2.14. The third-order valence-electron chi connectivity index (χ3n) is 4.08. The summed E-state index contributed by atoms with van der Waals surface area (Å²) >= 11 is 0. The topological polar surface area (TPSA) is 53.9 Å². The number of allylic oxidation sites excluding steroid dienone is 1. The molecule has 5 heteroatoms. The van der Waals surface area contributed by atoms with Crippen LogP contribution in [0.4, 0.5) is 0 Å². The van der Waals surface area contributed by atoms with E-state index in [-0.39, 0.29) is 11.8 Å². The molecule has 0 aliphatic carbocycles. The molecule has 5 nitrogen and oxygen atoms in total. The van der Waals surface area contributed by atoms with Crippen LogP contribution in [0.5, 0.6) is 0 Å². The Hall–Kier alpha value is -2.14. The highest BCUT2D eigenvalue weighted by Crippen LogP contribution is 2.16. The summed E-state index contributed by atoms with van der Waals surface area (Å²) in [7, 11) is 5.72. The Balaban J connectivity index is 2.83. The predicted octanol–water partition coefficient (Wildman–Crippen LogP) is 3.67. The molecule has 138 valence electrons. The van der Waals surface area contributed by atoms with Gasteiger partial charge in [-0.1, -0.05) is 37.7 Å². The van der Waals surface area contributed by atoms with Gasteiger partial charge >= 0.3 is 0 Å². The van der Waals surface area contributed by atoms with Gasteiger partial charge in [-0.15, -0.1) is 0 Å². The molecule has 1 N–H and O–H groups in total. The van der Waals surface area contributed by atoms with Gasteiger partial charge in [-0.2, -0.15) is 0 Å². The Bertz CT molecular complexity index is 591. The zero-order chi connectivity index (χ0) is 18.8. The molecule has 0 saturated carbocycles. The van der Waals surface area contributed by atoms with Crippen molar-refractivity contribution in [1.82, 2.24) is 10.2 Å². The van der Waals surface area contributed by atoms with E-state index in [4.69, 9.17) is 4.84 Å². The van der Waals surface area contributed by atoms with Gasteiger partial charge in [0.2, 0.25) is 0 Å². The minimum atomic E-state index is -0.0981. The summed E-state index contributed by atoms with van der Waals surface area (Å²) < 4.78 is 0. The quantitative estimate of drug-likeness (QED) is 0.400. The van der Waals surface area contributed by atoms with Gasteiger partial charge in [0.15, 0.2) is 0 Å². The number of carbonyl (C=O) groups is 1. The molecule has 0 radical (unpaired) electrons. The maximum absolute atomic E-state index is 11.7. The number of benzene rings is 1. The highest BCUT2D eigenvalue weighted by molar-refractivity contribution is 6.02. The van der Waals surface area contributed by atoms with Gasteiger partial charge in [-0.3, -0.25) is 4.79 Å². The Morgan fingerprint density at radius 2 is 1.88 bits per heavy atom. The molecular formula is C20H31N3O2. The van der Waals surface area contributed by atoms with Crippen molar-refractivity contribution in [1.29, 1.82) is 0 Å². The van der Waals surface area contributed by atoms with Crippen molar-refractivity contribution in [2.45, 2.75) is 33.1 Å². The number of carbonyl (C=O) groups excluding carboxylic acids is 1. The van der Waals surface area contributed by atoms with Crippen LogP contribution < -0.4 is 5.32 Å². The fraction of sp³-hybridized carbons (Fsp3) is 0.500. The summed E-state index contributed by atoms with van der Waals surface area (Å²) in [5, 5.41) is 6.98. The second kappa shape index (κ2) is 10.7. The molecular weight excluding hydrogens is 314 g/mol. The number of nitrogens with zero attached hydrogens (tertiary/aromatic N) is 2. The van der Waals surface area contributed by atoms with Gasteiger partial charge in [0, 0.05) is 24.9 Å². The van der Waals surface area contributed by atoms with Gasteiger partial charge in [0.05, 0.1) is 5.71 Å². The number of hydrogen-bond acceptors (Lipinski definition) is 4. The van der Waals surface area contributed by atoms with Crippen LogP contribution in [-0.4, -0.2) is 44.2 Å². The molecule has 1 unspecified atom stereocenters. The van der Waals surface area contributed by atoms with E-state index in [1.165, 1.54) is 0 Å². The molecule has 1 atom stereocenters. The lowest BCUT2D eigenvalue weighted by Crippen LogP contribution is -2.18. The van der Waals surface area contributed by atoms with Crippen LogP contribution in [-0.2, 0) is 4.84 Å². The van der Waals surface area contributed by atoms with E-state index in [2.05, 4.69) is 35.8 Å². The molecule has 25 heavy (non-hydrogen) atoms. The van der Waals surface area contributed by atoms with E-state index in [1.807, 2.05) is 26.2 Å². The summed E-state index contributed by atoms with van der Waals surface area (Å²) in [4.78, 5) is 19.4. The minimum Gasteiger partial charge on any atom is -0.362 e. The smallest absolute Gasteiger partial charge is 0.251 e. The molecule has 0 spiro atoms. The Morgan fingerprint density at radius 1 is 1.28 bits per heavy atom. The molecule has 0 aliphatic rings. The largest absolute Gasteiger partial charge is 0.362 e. The third-order valence-corrected chi connectivity index (χ3v) is 4.08. The lowest BCUT2D eigenvalue weighted by molar-refractivity contribution is 0.0963. The molecule has 0 bridgehead atoms. The monoisotopic (exact) mass is 345 g/mol. The molecule has 1 aromatic rings. The number of rotatable bonds is 10. The predicted molar refractivity (Wildman–Crippen MR) is 104 cm³/mol. The van der Waals surface area contributed by atoms with Crippen LogP contribution >= 0.6 is 0 Å². The molecule has 0 fully saturated rings. The summed E-state index contributed by atoms with van der Waals surface area (Å²) in [6.45, 7) is 9.17. The lowest BCUT2D eigenvalue weighted by atomic mass is 9.95. The second-order valence-electron chi connectivity index (χ2n) is 6.48. The van der Waals surface area contributed by atoms with E-state index in [9.17, 15) is 4.79 Å². The highest BCUT2D eigenvalue weighted by atomic mass is 16.6. The van der Waals surface area contributed by atoms with Crippen molar-refractivity contribution in [3.8, 4) is 0 Å². The fourth-order valence-corrected chi connectivity index (χ4v) is 2.31. The third kappa shape index (κ3) is 7.10. The number of oxime groups is 1. The molecule has 0 aliphatic heterocycles. The zero-order valence-electron chi connectivity index (χ0n) is 16.1. The van der Waals surface area contributed by atoms with Crippen molar-refractivity contribution in [3.05, 3.63) is 47.7 Å². The Kier molecular flexibility index (Phi) is 8.92. The first kappa shape index (κ1) is 20.9. The van der Waals surface area contributed by atoms with E-state index < -0.39 is 0 Å². The van der Waals surface area contributed by atoms with Crippen molar-refractivity contribution >= 4 is 11.6 Å². The summed E-state index contributed by atoms with van der Waals surface area (Å²) in [5.74, 6) is 0.823. The van der Waals surface area contributed by atoms with E-state index in [0.717, 1.165) is 37.1 Å². The second-order valence-corrected chi connectivity index (χ2v) is 6.48. The van der Waals surface area contributed by atoms with Crippen LogP contribution in [0.1, 0.15) is 49.0 Å². The standard InChI is InChI=1S/C20H31N3O2/c1-7-15(2)19(22-25-16(3)9-8-14-23(5)6)17-10-12-18(13-11-17)20(24)21-4/h10-13,15H,3,7-9,14H2,1-2,4-6H3,(H,21,24)/b22-19+. The Morgan fingerprint density at radius 3 is 2.40 bits per heavy atom. The normalized spacial score (nSPS) is 12.8. The van der Waals surface area contributed by atoms with E-state index in [1.54, 1.807) is 19.2 Å². The first-order chi connectivity index (χ1) is 11.9. The van der Waals surface area contributed by atoms with E-state index in [0.29, 0.717) is 11.3 Å². The molecule has 0 saturated heterocycles. The molecule has 1 rings (SSSR count). The van der Waals surface area contributed by atoms with Gasteiger partial charge in [-0.05, 0) is 51.2 Å². The molecule has 0 heterocycles. The number of nitrogens with one attached hydrogen (secondary N) is 1. The first-order valence-electron chi connectivity index (χ1n) is 8.78. The van der Waals surface area contributed by atoms with Crippen molar-refractivity contribution < 1.29 is 9.63 Å². The van der Waals surface area contributed by atoms with Crippen LogP contribution in [0.15, 0.2) is 41.8 Å². The van der Waals surface area contributed by atoms with Crippen LogP contribution in [0.25, 0.3) is 0 Å². The van der Waals surface area contributed by atoms with Gasteiger partial charge in [0.1, 0.15) is 5.76 Å². The molecule has 1 aromatic carbocycles. The number of amides is 1. The lowest BCUT2D eigenvalue weighted by Gasteiger charge is -2.14. The maximum atomic E-state index is 11.7. The van der Waals surface area contributed by atoms with Crippen molar-refractivity contribution in [2.24, 2.45) is 11.1 Å². The fourth-order valence-electron chi connectivity index (χ4n) is 2.31. The SMILES string of the molecule is C=C(CCCN(C)C)O/N=C(/c1ccc(C(=O)NC)cc1)C(C)CC.